The maximum absolute atomic E-state index is 9.42. The summed E-state index contributed by atoms with van der Waals surface area (Å²) in [4.78, 5) is 0. The van der Waals surface area contributed by atoms with Gasteiger partial charge in [-0.15, -0.1) is 0 Å². The minimum atomic E-state index is -0.352. The van der Waals surface area contributed by atoms with Crippen LogP contribution >= 0.6 is 0 Å². The van der Waals surface area contributed by atoms with Gasteiger partial charge in [-0.1, -0.05) is 6.07 Å². The Morgan fingerprint density at radius 2 is 2.27 bits per heavy atom. The van der Waals surface area contributed by atoms with Crippen molar-refractivity contribution < 1.29 is 19.3 Å². The van der Waals surface area contributed by atoms with E-state index in [0.29, 0.717) is 12.4 Å². The molecule has 0 saturated carbocycles. The van der Waals surface area contributed by atoms with Gasteiger partial charge in [-0.05, 0) is 19.1 Å². The van der Waals surface area contributed by atoms with Crippen LogP contribution in [-0.2, 0) is 9.47 Å². The monoisotopic (exact) mass is 210 g/mol. The number of hydrogen-bond acceptors (Lipinski definition) is 4. The molecule has 0 unspecified atom stereocenters. The third-order valence-electron chi connectivity index (χ3n) is 2.31. The molecule has 1 aliphatic rings. The van der Waals surface area contributed by atoms with Crippen molar-refractivity contribution in [1.82, 2.24) is 0 Å². The van der Waals surface area contributed by atoms with Gasteiger partial charge in [-0.25, -0.2) is 0 Å². The van der Waals surface area contributed by atoms with E-state index in [4.69, 9.17) is 14.2 Å². The molecule has 0 radical (unpaired) electrons. The largest absolute Gasteiger partial charge is 0.504 e. The van der Waals surface area contributed by atoms with Crippen molar-refractivity contribution in [1.29, 1.82) is 0 Å². The summed E-state index contributed by atoms with van der Waals surface area (Å²) in [5.74, 6) is 0.548. The molecule has 82 valence electrons. The first kappa shape index (κ1) is 10.3. The average molecular weight is 210 g/mol. The lowest BCUT2D eigenvalue weighted by atomic mass is 10.2. The smallest absolute Gasteiger partial charge is 0.184 e. The molecular weight excluding hydrogens is 196 g/mol. The van der Waals surface area contributed by atoms with Crippen LogP contribution in [0.3, 0.4) is 0 Å². The molecule has 4 heteroatoms. The number of rotatable bonds is 2. The van der Waals surface area contributed by atoms with E-state index in [-0.39, 0.29) is 18.1 Å². The molecule has 2 rings (SSSR count). The van der Waals surface area contributed by atoms with E-state index in [1.165, 1.54) is 7.11 Å². The zero-order chi connectivity index (χ0) is 10.8. The van der Waals surface area contributed by atoms with Crippen LogP contribution in [0.2, 0.25) is 0 Å². The topological polar surface area (TPSA) is 47.9 Å². The Morgan fingerprint density at radius 1 is 1.47 bits per heavy atom. The normalized spacial score (nSPS) is 25.5. The summed E-state index contributed by atoms with van der Waals surface area (Å²) in [5.41, 5.74) is 0.856. The van der Waals surface area contributed by atoms with Gasteiger partial charge in [-0.3, -0.25) is 0 Å². The summed E-state index contributed by atoms with van der Waals surface area (Å²) in [6.45, 7) is 2.55. The first-order valence-corrected chi connectivity index (χ1v) is 4.84. The van der Waals surface area contributed by atoms with Gasteiger partial charge in [0.2, 0.25) is 0 Å². The summed E-state index contributed by atoms with van der Waals surface area (Å²) in [6.07, 6.45) is -0.246. The van der Waals surface area contributed by atoms with E-state index in [2.05, 4.69) is 0 Å². The van der Waals surface area contributed by atoms with Crippen molar-refractivity contribution in [2.24, 2.45) is 0 Å². The lowest BCUT2D eigenvalue weighted by molar-refractivity contribution is -0.0573. The molecule has 1 saturated heterocycles. The Balaban J connectivity index is 2.21. The van der Waals surface area contributed by atoms with Crippen LogP contribution in [0.25, 0.3) is 0 Å². The van der Waals surface area contributed by atoms with Crippen LogP contribution in [-0.4, -0.2) is 24.9 Å². The number of ether oxygens (including phenoxy) is 3. The highest BCUT2D eigenvalue weighted by Crippen LogP contribution is 2.33. The van der Waals surface area contributed by atoms with E-state index in [0.717, 1.165) is 5.56 Å². The SMILES string of the molecule is COc1cc([C@H]2OC[C@@H](C)O2)ccc1O. The van der Waals surface area contributed by atoms with Crippen molar-refractivity contribution in [2.45, 2.75) is 19.3 Å². The molecule has 0 amide bonds. The molecule has 2 atom stereocenters. The fourth-order valence-electron chi connectivity index (χ4n) is 1.53. The summed E-state index contributed by atoms with van der Waals surface area (Å²) in [5, 5.41) is 9.42. The highest BCUT2D eigenvalue weighted by molar-refractivity contribution is 5.42. The Labute approximate surface area is 88.4 Å². The molecule has 1 N–H and O–H groups in total. The van der Waals surface area contributed by atoms with Crippen LogP contribution < -0.4 is 4.74 Å². The van der Waals surface area contributed by atoms with E-state index in [1.807, 2.05) is 6.92 Å². The van der Waals surface area contributed by atoms with Crippen molar-refractivity contribution in [3.63, 3.8) is 0 Å². The molecular formula is C11H14O4. The zero-order valence-corrected chi connectivity index (χ0v) is 8.77. The number of aromatic hydroxyl groups is 1. The lowest BCUT2D eigenvalue weighted by Crippen LogP contribution is -2.02. The average Bonchev–Trinajstić information content (AvgIpc) is 2.66. The first-order chi connectivity index (χ1) is 7.20. The summed E-state index contributed by atoms with van der Waals surface area (Å²) < 4.78 is 16.0. The number of phenolic OH excluding ortho intramolecular Hbond substituents is 1. The molecule has 1 aliphatic heterocycles. The maximum Gasteiger partial charge on any atom is 0.184 e. The van der Waals surface area contributed by atoms with Gasteiger partial charge >= 0.3 is 0 Å². The van der Waals surface area contributed by atoms with Gasteiger partial charge in [0.25, 0.3) is 0 Å². The van der Waals surface area contributed by atoms with Crippen molar-refractivity contribution in [3.8, 4) is 11.5 Å². The van der Waals surface area contributed by atoms with Gasteiger partial charge in [0, 0.05) is 5.56 Å². The predicted molar refractivity (Wildman–Crippen MR) is 53.9 cm³/mol. The fraction of sp³-hybridized carbons (Fsp3) is 0.455. The van der Waals surface area contributed by atoms with Crippen LogP contribution in [0, 0.1) is 0 Å². The summed E-state index contributed by atoms with van der Waals surface area (Å²) >= 11 is 0. The third kappa shape index (κ3) is 2.06. The number of hydrogen-bond donors (Lipinski definition) is 1. The predicted octanol–water partition coefficient (Wildman–Crippen LogP) is 1.83. The number of methoxy groups -OCH3 is 1. The molecule has 1 fully saturated rings. The van der Waals surface area contributed by atoms with E-state index in [1.54, 1.807) is 18.2 Å². The fourth-order valence-corrected chi connectivity index (χ4v) is 1.53. The molecule has 4 nitrogen and oxygen atoms in total. The molecule has 0 bridgehead atoms. The van der Waals surface area contributed by atoms with Gasteiger partial charge in [0.1, 0.15) is 0 Å². The third-order valence-corrected chi connectivity index (χ3v) is 2.31. The molecule has 15 heavy (non-hydrogen) atoms. The number of phenols is 1. The standard InChI is InChI=1S/C11H14O4/c1-7-6-14-11(15-7)8-3-4-9(12)10(5-8)13-2/h3-5,7,11-12H,6H2,1-2H3/t7-,11+/m1/s1. The highest BCUT2D eigenvalue weighted by atomic mass is 16.7. The molecule has 0 spiro atoms. The molecule has 1 aromatic rings. The number of benzene rings is 1. The lowest BCUT2D eigenvalue weighted by Gasteiger charge is -2.12. The summed E-state index contributed by atoms with van der Waals surface area (Å²) in [6, 6.07) is 5.06. The van der Waals surface area contributed by atoms with Crippen LogP contribution in [0.4, 0.5) is 0 Å². The Bertz CT molecular complexity index is 350. The second-order valence-electron chi connectivity index (χ2n) is 3.54. The van der Waals surface area contributed by atoms with E-state index in [9.17, 15) is 5.11 Å². The van der Waals surface area contributed by atoms with E-state index >= 15 is 0 Å². The highest BCUT2D eigenvalue weighted by Gasteiger charge is 2.24. The van der Waals surface area contributed by atoms with Gasteiger partial charge < -0.3 is 19.3 Å². The van der Waals surface area contributed by atoms with Gasteiger partial charge in [0.15, 0.2) is 17.8 Å². The van der Waals surface area contributed by atoms with Crippen LogP contribution in [0.5, 0.6) is 11.5 Å². The minimum absolute atomic E-state index is 0.106. The Hall–Kier alpha value is -1.26. The van der Waals surface area contributed by atoms with Crippen LogP contribution in [0.1, 0.15) is 18.8 Å². The van der Waals surface area contributed by atoms with Gasteiger partial charge in [-0.2, -0.15) is 0 Å². The van der Waals surface area contributed by atoms with Crippen molar-refractivity contribution >= 4 is 0 Å². The minimum Gasteiger partial charge on any atom is -0.504 e. The molecule has 0 aromatic heterocycles. The molecule has 1 heterocycles. The Morgan fingerprint density at radius 3 is 2.87 bits per heavy atom. The first-order valence-electron chi connectivity index (χ1n) is 4.84. The quantitative estimate of drug-likeness (QED) is 0.809. The van der Waals surface area contributed by atoms with Crippen LogP contribution in [0.15, 0.2) is 18.2 Å². The second-order valence-corrected chi connectivity index (χ2v) is 3.54. The van der Waals surface area contributed by atoms with Gasteiger partial charge in [0.05, 0.1) is 19.8 Å². The summed E-state index contributed by atoms with van der Waals surface area (Å²) in [7, 11) is 1.51. The molecule has 1 aromatic carbocycles. The molecule has 0 aliphatic carbocycles. The maximum atomic E-state index is 9.42. The van der Waals surface area contributed by atoms with E-state index < -0.39 is 0 Å². The van der Waals surface area contributed by atoms with Crippen molar-refractivity contribution in [2.75, 3.05) is 13.7 Å². The zero-order valence-electron chi connectivity index (χ0n) is 8.77. The Kier molecular flexibility index (Phi) is 2.79. The van der Waals surface area contributed by atoms with Crippen molar-refractivity contribution in [3.05, 3.63) is 23.8 Å². The second kappa shape index (κ2) is 4.08.